The van der Waals surface area contributed by atoms with Gasteiger partial charge in [0.15, 0.2) is 5.17 Å². The standard InChI is InChI=1S/C14H19N3S/c1-14(2,3)12-10-18-13(17(4)16-12)15-11-8-6-5-7-9-11/h5-9H,10H2,1-4H3. The van der Waals surface area contributed by atoms with Gasteiger partial charge < -0.3 is 0 Å². The van der Waals surface area contributed by atoms with Crippen molar-refractivity contribution in [3.05, 3.63) is 30.3 Å². The third kappa shape index (κ3) is 3.13. The van der Waals surface area contributed by atoms with Crippen LogP contribution in [-0.2, 0) is 0 Å². The first-order valence-electron chi connectivity index (χ1n) is 6.05. The van der Waals surface area contributed by atoms with Gasteiger partial charge in [-0.3, -0.25) is 0 Å². The average Bonchev–Trinajstić information content (AvgIpc) is 2.32. The molecule has 1 aliphatic heterocycles. The summed E-state index contributed by atoms with van der Waals surface area (Å²) in [6.07, 6.45) is 0. The molecule has 4 heteroatoms. The van der Waals surface area contributed by atoms with Crippen LogP contribution in [0.15, 0.2) is 40.4 Å². The zero-order valence-electron chi connectivity index (χ0n) is 11.3. The predicted octanol–water partition coefficient (Wildman–Crippen LogP) is 3.75. The third-order valence-corrected chi connectivity index (χ3v) is 3.76. The highest BCUT2D eigenvalue weighted by atomic mass is 32.2. The van der Waals surface area contributed by atoms with E-state index in [1.807, 2.05) is 42.4 Å². The first-order chi connectivity index (χ1) is 8.47. The second-order valence-corrected chi connectivity index (χ2v) is 6.28. The molecule has 1 aromatic carbocycles. The number of hydrogen-bond acceptors (Lipinski definition) is 3. The molecule has 18 heavy (non-hydrogen) atoms. The number of hydrogen-bond donors (Lipinski definition) is 0. The third-order valence-electron chi connectivity index (χ3n) is 2.73. The van der Waals surface area contributed by atoms with E-state index in [1.54, 1.807) is 11.8 Å². The monoisotopic (exact) mass is 261 g/mol. The number of thioether (sulfide) groups is 1. The van der Waals surface area contributed by atoms with E-state index < -0.39 is 0 Å². The molecule has 96 valence electrons. The molecular weight excluding hydrogens is 242 g/mol. The van der Waals surface area contributed by atoms with Gasteiger partial charge in [0.25, 0.3) is 0 Å². The molecule has 0 saturated carbocycles. The van der Waals surface area contributed by atoms with Crippen LogP contribution in [-0.4, -0.2) is 28.7 Å². The summed E-state index contributed by atoms with van der Waals surface area (Å²) in [5, 5.41) is 7.46. The normalized spacial score (nSPS) is 19.0. The van der Waals surface area contributed by atoms with Gasteiger partial charge in [0.2, 0.25) is 0 Å². The molecule has 0 unspecified atom stereocenters. The number of hydrazone groups is 1. The number of aliphatic imine (C=N–C) groups is 1. The maximum absolute atomic E-state index is 4.63. The lowest BCUT2D eigenvalue weighted by Gasteiger charge is -2.29. The zero-order valence-corrected chi connectivity index (χ0v) is 12.2. The summed E-state index contributed by atoms with van der Waals surface area (Å²) in [6.45, 7) is 6.58. The van der Waals surface area contributed by atoms with E-state index in [4.69, 9.17) is 0 Å². The molecule has 0 amide bonds. The van der Waals surface area contributed by atoms with Crippen LogP contribution in [0.1, 0.15) is 20.8 Å². The van der Waals surface area contributed by atoms with Gasteiger partial charge in [-0.05, 0) is 12.1 Å². The Labute approximate surface area is 113 Å². The molecule has 0 radical (unpaired) electrons. The van der Waals surface area contributed by atoms with Crippen molar-refractivity contribution in [2.24, 2.45) is 15.5 Å². The van der Waals surface area contributed by atoms with Crippen LogP contribution in [0.25, 0.3) is 0 Å². The van der Waals surface area contributed by atoms with Crippen molar-refractivity contribution < 1.29 is 0 Å². The topological polar surface area (TPSA) is 28.0 Å². The van der Waals surface area contributed by atoms with Crippen molar-refractivity contribution in [1.82, 2.24) is 5.01 Å². The molecule has 0 fully saturated rings. The van der Waals surface area contributed by atoms with Gasteiger partial charge >= 0.3 is 0 Å². The maximum Gasteiger partial charge on any atom is 0.185 e. The Morgan fingerprint density at radius 3 is 2.44 bits per heavy atom. The summed E-state index contributed by atoms with van der Waals surface area (Å²) >= 11 is 1.75. The van der Waals surface area contributed by atoms with E-state index in [0.29, 0.717) is 0 Å². The highest BCUT2D eigenvalue weighted by molar-refractivity contribution is 8.14. The molecule has 0 aromatic heterocycles. The van der Waals surface area contributed by atoms with E-state index in [9.17, 15) is 0 Å². The Morgan fingerprint density at radius 1 is 1.22 bits per heavy atom. The molecule has 1 aliphatic rings. The smallest absolute Gasteiger partial charge is 0.185 e. The lowest BCUT2D eigenvalue weighted by molar-refractivity contribution is 0.513. The van der Waals surface area contributed by atoms with E-state index >= 15 is 0 Å². The van der Waals surface area contributed by atoms with Crippen LogP contribution in [0.2, 0.25) is 0 Å². The van der Waals surface area contributed by atoms with Crippen molar-refractivity contribution in [1.29, 1.82) is 0 Å². The molecule has 2 rings (SSSR count). The lowest BCUT2D eigenvalue weighted by Crippen LogP contribution is -2.33. The van der Waals surface area contributed by atoms with E-state index in [1.165, 1.54) is 5.71 Å². The number of para-hydroxylation sites is 1. The summed E-state index contributed by atoms with van der Waals surface area (Å²) in [7, 11) is 1.96. The van der Waals surface area contributed by atoms with Gasteiger partial charge in [-0.15, -0.1) is 0 Å². The van der Waals surface area contributed by atoms with Gasteiger partial charge in [0.1, 0.15) is 0 Å². The second-order valence-electron chi connectivity index (χ2n) is 5.34. The van der Waals surface area contributed by atoms with Crippen LogP contribution in [0.3, 0.4) is 0 Å². The number of rotatable bonds is 1. The first kappa shape index (κ1) is 13.1. The quantitative estimate of drug-likeness (QED) is 0.770. The molecule has 0 N–H and O–H groups in total. The maximum atomic E-state index is 4.63. The Kier molecular flexibility index (Phi) is 3.76. The van der Waals surface area contributed by atoms with Crippen molar-refractivity contribution in [3.8, 4) is 0 Å². The predicted molar refractivity (Wildman–Crippen MR) is 80.6 cm³/mol. The van der Waals surface area contributed by atoms with Crippen LogP contribution >= 0.6 is 11.8 Å². The fraction of sp³-hybridized carbons (Fsp3) is 0.429. The van der Waals surface area contributed by atoms with E-state index in [-0.39, 0.29) is 5.41 Å². The number of nitrogens with zero attached hydrogens (tertiary/aromatic N) is 3. The van der Waals surface area contributed by atoms with Gasteiger partial charge in [-0.25, -0.2) is 10.0 Å². The molecule has 0 saturated heterocycles. The molecule has 0 aliphatic carbocycles. The summed E-state index contributed by atoms with van der Waals surface area (Å²) in [5.41, 5.74) is 2.31. The largest absolute Gasteiger partial charge is 0.245 e. The minimum absolute atomic E-state index is 0.125. The van der Waals surface area contributed by atoms with Crippen molar-refractivity contribution in [2.75, 3.05) is 12.8 Å². The van der Waals surface area contributed by atoms with Crippen LogP contribution < -0.4 is 0 Å². The van der Waals surface area contributed by atoms with Crippen LogP contribution in [0.5, 0.6) is 0 Å². The fourth-order valence-electron chi connectivity index (χ4n) is 1.56. The molecule has 3 nitrogen and oxygen atoms in total. The average molecular weight is 261 g/mol. The van der Waals surface area contributed by atoms with Crippen molar-refractivity contribution in [3.63, 3.8) is 0 Å². The Morgan fingerprint density at radius 2 is 1.89 bits per heavy atom. The minimum atomic E-state index is 0.125. The SMILES string of the molecule is CN1N=C(C(C)(C)C)CSC1=Nc1ccccc1. The van der Waals surface area contributed by atoms with E-state index in [0.717, 1.165) is 16.6 Å². The number of benzene rings is 1. The summed E-state index contributed by atoms with van der Waals surface area (Å²) < 4.78 is 0. The molecular formula is C14H19N3S. The number of amidine groups is 1. The summed E-state index contributed by atoms with van der Waals surface area (Å²) in [4.78, 5) is 4.61. The summed E-state index contributed by atoms with van der Waals surface area (Å²) in [5.74, 6) is 0.916. The molecule has 1 aromatic rings. The molecule has 0 spiro atoms. The van der Waals surface area contributed by atoms with Crippen LogP contribution in [0, 0.1) is 5.41 Å². The molecule has 0 atom stereocenters. The fourth-order valence-corrected chi connectivity index (χ4v) is 2.72. The summed E-state index contributed by atoms with van der Waals surface area (Å²) in [6, 6.07) is 10.00. The lowest BCUT2D eigenvalue weighted by atomic mass is 9.91. The Balaban J connectivity index is 2.21. The first-order valence-corrected chi connectivity index (χ1v) is 7.03. The Hall–Kier alpha value is -1.29. The van der Waals surface area contributed by atoms with Gasteiger partial charge in [0.05, 0.1) is 11.4 Å². The minimum Gasteiger partial charge on any atom is -0.245 e. The second kappa shape index (κ2) is 5.14. The molecule has 0 bridgehead atoms. The van der Waals surface area contributed by atoms with Gasteiger partial charge in [-0.2, -0.15) is 5.10 Å². The zero-order chi connectivity index (χ0) is 13.2. The highest BCUT2D eigenvalue weighted by Gasteiger charge is 2.25. The Bertz CT molecular complexity index is 472. The molecule has 1 heterocycles. The van der Waals surface area contributed by atoms with E-state index in [2.05, 4.69) is 30.9 Å². The van der Waals surface area contributed by atoms with Crippen molar-refractivity contribution in [2.45, 2.75) is 20.8 Å². The highest BCUT2D eigenvalue weighted by Crippen LogP contribution is 2.26. The van der Waals surface area contributed by atoms with Gasteiger partial charge in [-0.1, -0.05) is 50.7 Å². The van der Waals surface area contributed by atoms with Crippen LogP contribution in [0.4, 0.5) is 5.69 Å². The van der Waals surface area contributed by atoms with Gasteiger partial charge in [0, 0.05) is 18.2 Å². The van der Waals surface area contributed by atoms with Crippen molar-refractivity contribution >= 4 is 28.3 Å².